The molecule has 0 spiro atoms. The van der Waals surface area contributed by atoms with E-state index in [-0.39, 0.29) is 68.7 Å². The fourth-order valence-electron chi connectivity index (χ4n) is 0.413. The second kappa shape index (κ2) is 23.3. The standard InChI is InChI=1S/C6H14O2.C2H6O2.Ba.2H/c1-2-3-5-8-6-4-7;3-1-2-4;;;/h7H,2-6H2,1H3;3-4H,1-2H2;;;. The molecule has 0 saturated carbocycles. The van der Waals surface area contributed by atoms with Crippen molar-refractivity contribution in [2.75, 3.05) is 33.0 Å². The van der Waals surface area contributed by atoms with Crippen LogP contribution in [0.25, 0.3) is 0 Å². The molecule has 5 heteroatoms. The molecule has 0 amide bonds. The average molecular weight is 320 g/mol. The van der Waals surface area contributed by atoms with Crippen LogP contribution < -0.4 is 0 Å². The summed E-state index contributed by atoms with van der Waals surface area (Å²) in [5.41, 5.74) is 0. The first-order valence-electron chi connectivity index (χ1n) is 4.23. The summed E-state index contributed by atoms with van der Waals surface area (Å²) in [5, 5.41) is 23.5. The monoisotopic (exact) mass is 320 g/mol. The Hall–Kier alpha value is 1.41. The maximum atomic E-state index is 8.24. The molecule has 80 valence electrons. The summed E-state index contributed by atoms with van der Waals surface area (Å²) < 4.78 is 4.97. The van der Waals surface area contributed by atoms with Gasteiger partial charge in [0.25, 0.3) is 0 Å². The zero-order chi connectivity index (χ0) is 9.66. The van der Waals surface area contributed by atoms with Gasteiger partial charge in [-0.2, -0.15) is 0 Å². The van der Waals surface area contributed by atoms with Gasteiger partial charge in [-0.3, -0.25) is 0 Å². The minimum absolute atomic E-state index is 0. The van der Waals surface area contributed by atoms with E-state index in [1.165, 1.54) is 0 Å². The molecule has 3 N–H and O–H groups in total. The third-order valence-electron chi connectivity index (χ3n) is 0.978. The second-order valence-corrected chi connectivity index (χ2v) is 2.14. The van der Waals surface area contributed by atoms with Gasteiger partial charge >= 0.3 is 48.9 Å². The van der Waals surface area contributed by atoms with Crippen molar-refractivity contribution in [1.29, 1.82) is 0 Å². The summed E-state index contributed by atoms with van der Waals surface area (Å²) in [6, 6.07) is 0. The van der Waals surface area contributed by atoms with Crippen molar-refractivity contribution in [1.82, 2.24) is 0 Å². The van der Waals surface area contributed by atoms with Crippen molar-refractivity contribution < 1.29 is 20.1 Å². The average Bonchev–Trinajstić information content (AvgIpc) is 2.13. The van der Waals surface area contributed by atoms with Crippen LogP contribution in [0.1, 0.15) is 19.8 Å². The third kappa shape index (κ3) is 31.8. The molecule has 0 atom stereocenters. The molecule has 0 aromatic rings. The molecule has 0 rings (SSSR count). The minimum atomic E-state index is -0.125. The molecular weight excluding hydrogens is 297 g/mol. The van der Waals surface area contributed by atoms with Crippen molar-refractivity contribution in [3.63, 3.8) is 0 Å². The Morgan fingerprint density at radius 1 is 0.923 bits per heavy atom. The number of hydrogen-bond acceptors (Lipinski definition) is 4. The van der Waals surface area contributed by atoms with Crippen LogP contribution in [0.3, 0.4) is 0 Å². The molecule has 4 nitrogen and oxygen atoms in total. The first-order valence-corrected chi connectivity index (χ1v) is 4.23. The van der Waals surface area contributed by atoms with Gasteiger partial charge in [0.05, 0.1) is 26.4 Å². The summed E-state index contributed by atoms with van der Waals surface area (Å²) in [7, 11) is 0. The van der Waals surface area contributed by atoms with Crippen LogP contribution in [-0.2, 0) is 4.74 Å². The van der Waals surface area contributed by atoms with E-state index in [0.29, 0.717) is 6.61 Å². The van der Waals surface area contributed by atoms with Crippen molar-refractivity contribution in [3.8, 4) is 0 Å². The van der Waals surface area contributed by atoms with Crippen LogP contribution >= 0.6 is 0 Å². The van der Waals surface area contributed by atoms with E-state index in [4.69, 9.17) is 20.1 Å². The zero-order valence-electron chi connectivity index (χ0n) is 7.70. The molecule has 0 aliphatic heterocycles. The van der Waals surface area contributed by atoms with Crippen LogP contribution in [0.5, 0.6) is 0 Å². The van der Waals surface area contributed by atoms with E-state index in [9.17, 15) is 0 Å². The van der Waals surface area contributed by atoms with Crippen LogP contribution in [0.15, 0.2) is 0 Å². The summed E-state index contributed by atoms with van der Waals surface area (Å²) in [6.07, 6.45) is 2.26. The number of hydrogen-bond donors (Lipinski definition) is 3. The number of ether oxygens (including phenoxy) is 1. The van der Waals surface area contributed by atoms with Gasteiger partial charge in [-0.1, -0.05) is 13.3 Å². The first kappa shape index (κ1) is 19.9. The number of aliphatic hydroxyl groups is 3. The van der Waals surface area contributed by atoms with E-state index in [1.807, 2.05) is 0 Å². The normalized spacial score (nSPS) is 8.31. The Morgan fingerprint density at radius 2 is 1.46 bits per heavy atom. The zero-order valence-corrected chi connectivity index (χ0v) is 7.70. The Kier molecular flexibility index (Phi) is 35.7. The number of aliphatic hydroxyl groups excluding tert-OH is 3. The molecule has 0 saturated heterocycles. The molecule has 0 bridgehead atoms. The van der Waals surface area contributed by atoms with E-state index in [0.717, 1.165) is 19.4 Å². The topological polar surface area (TPSA) is 69.9 Å². The molecule has 0 aromatic heterocycles. The van der Waals surface area contributed by atoms with Crippen molar-refractivity contribution >= 4 is 48.9 Å². The maximum absolute atomic E-state index is 8.24. The Balaban J connectivity index is -0.000000173. The van der Waals surface area contributed by atoms with E-state index in [2.05, 4.69) is 6.92 Å². The molecule has 0 unspecified atom stereocenters. The van der Waals surface area contributed by atoms with Crippen LogP contribution in [0.2, 0.25) is 0 Å². The fraction of sp³-hybridized carbons (Fsp3) is 1.00. The predicted octanol–water partition coefficient (Wildman–Crippen LogP) is -1.15. The van der Waals surface area contributed by atoms with E-state index in [1.54, 1.807) is 0 Å². The van der Waals surface area contributed by atoms with Gasteiger partial charge in [-0.05, 0) is 6.42 Å². The molecule has 0 fully saturated rings. The predicted molar refractivity (Wildman–Crippen MR) is 55.5 cm³/mol. The molecule has 0 aliphatic rings. The molecule has 0 radical (unpaired) electrons. The summed E-state index contributed by atoms with van der Waals surface area (Å²) in [4.78, 5) is 0. The van der Waals surface area contributed by atoms with Gasteiger partial charge in [0.15, 0.2) is 0 Å². The quantitative estimate of drug-likeness (QED) is 0.427. The SMILES string of the molecule is CCCCOCCO.OCCO.[BaH2]. The van der Waals surface area contributed by atoms with Crippen molar-refractivity contribution in [2.24, 2.45) is 0 Å². The Bertz CT molecular complexity index is 56.1. The van der Waals surface area contributed by atoms with Gasteiger partial charge < -0.3 is 20.1 Å². The molecule has 13 heavy (non-hydrogen) atoms. The summed E-state index contributed by atoms with van der Waals surface area (Å²) >= 11 is 0. The molecular formula is C8H22BaO4. The summed E-state index contributed by atoms with van der Waals surface area (Å²) in [5.74, 6) is 0. The van der Waals surface area contributed by atoms with Gasteiger partial charge in [0, 0.05) is 6.61 Å². The third-order valence-corrected chi connectivity index (χ3v) is 0.978. The van der Waals surface area contributed by atoms with Gasteiger partial charge in [0.2, 0.25) is 0 Å². The number of rotatable bonds is 6. The Labute approximate surface area is 120 Å². The Morgan fingerprint density at radius 3 is 1.77 bits per heavy atom. The van der Waals surface area contributed by atoms with Crippen molar-refractivity contribution in [2.45, 2.75) is 19.8 Å². The van der Waals surface area contributed by atoms with Crippen LogP contribution in [0, 0.1) is 0 Å². The van der Waals surface area contributed by atoms with Gasteiger partial charge in [-0.15, -0.1) is 0 Å². The summed E-state index contributed by atoms with van der Waals surface area (Å²) in [6.45, 7) is 3.28. The van der Waals surface area contributed by atoms with E-state index >= 15 is 0 Å². The molecule has 0 heterocycles. The van der Waals surface area contributed by atoms with Crippen LogP contribution in [0.4, 0.5) is 0 Å². The molecule has 0 aromatic carbocycles. The van der Waals surface area contributed by atoms with Crippen LogP contribution in [-0.4, -0.2) is 97.2 Å². The van der Waals surface area contributed by atoms with Crippen molar-refractivity contribution in [3.05, 3.63) is 0 Å². The molecule has 0 aliphatic carbocycles. The first-order chi connectivity index (χ1) is 5.83. The second-order valence-electron chi connectivity index (χ2n) is 2.14. The van der Waals surface area contributed by atoms with Gasteiger partial charge in [-0.25, -0.2) is 0 Å². The van der Waals surface area contributed by atoms with Gasteiger partial charge in [0.1, 0.15) is 0 Å². The van der Waals surface area contributed by atoms with E-state index < -0.39 is 0 Å². The number of unbranched alkanes of at least 4 members (excludes halogenated alkanes) is 1. The fourth-order valence-corrected chi connectivity index (χ4v) is 0.413.